The third kappa shape index (κ3) is 3.39. The van der Waals surface area contributed by atoms with E-state index in [9.17, 15) is 4.79 Å². The van der Waals surface area contributed by atoms with Crippen molar-refractivity contribution in [1.29, 1.82) is 0 Å². The fourth-order valence-electron chi connectivity index (χ4n) is 2.14. The van der Waals surface area contributed by atoms with Crippen LogP contribution in [0, 0.1) is 13.8 Å². The van der Waals surface area contributed by atoms with E-state index in [1.807, 2.05) is 26.0 Å². The van der Waals surface area contributed by atoms with Gasteiger partial charge in [-0.15, -0.1) is 0 Å². The van der Waals surface area contributed by atoms with Crippen molar-refractivity contribution in [2.24, 2.45) is 0 Å². The second-order valence-electron chi connectivity index (χ2n) is 4.90. The van der Waals surface area contributed by atoms with Crippen LogP contribution in [-0.4, -0.2) is 9.97 Å². The Morgan fingerprint density at radius 2 is 2.05 bits per heavy atom. The average Bonchev–Trinajstić information content (AvgIpc) is 2.33. The second kappa shape index (κ2) is 6.09. The lowest BCUT2D eigenvalue weighted by molar-refractivity contribution is 0.870. The summed E-state index contributed by atoms with van der Waals surface area (Å²) in [7, 11) is 0. The predicted octanol–water partition coefficient (Wildman–Crippen LogP) is 3.74. The predicted molar refractivity (Wildman–Crippen MR) is 83.1 cm³/mol. The molecule has 106 valence electrons. The minimum absolute atomic E-state index is 0.160. The van der Waals surface area contributed by atoms with Crippen molar-refractivity contribution in [2.75, 3.05) is 5.32 Å². The first kappa shape index (κ1) is 14.6. The third-order valence-electron chi connectivity index (χ3n) is 2.98. The number of aryl methyl sites for hydroxylation is 3. The minimum atomic E-state index is -0.160. The first-order chi connectivity index (χ1) is 9.49. The Balaban J connectivity index is 2.37. The van der Waals surface area contributed by atoms with Crippen molar-refractivity contribution < 1.29 is 0 Å². The summed E-state index contributed by atoms with van der Waals surface area (Å²) >= 11 is 6.24. The Kier molecular flexibility index (Phi) is 4.45. The summed E-state index contributed by atoms with van der Waals surface area (Å²) in [6.45, 7) is 6.01. The summed E-state index contributed by atoms with van der Waals surface area (Å²) < 4.78 is 0. The number of hydrogen-bond donors (Lipinski definition) is 2. The zero-order valence-corrected chi connectivity index (χ0v) is 12.6. The summed E-state index contributed by atoms with van der Waals surface area (Å²) in [6.07, 6.45) is 1.72. The normalized spacial score (nSPS) is 10.6. The fourth-order valence-corrected chi connectivity index (χ4v) is 2.51. The third-order valence-corrected chi connectivity index (χ3v) is 3.27. The highest BCUT2D eigenvalue weighted by Crippen LogP contribution is 2.29. The molecule has 1 heterocycles. The van der Waals surface area contributed by atoms with Gasteiger partial charge in [-0.2, -0.15) is 0 Å². The van der Waals surface area contributed by atoms with Gasteiger partial charge >= 0.3 is 0 Å². The number of benzene rings is 1. The Morgan fingerprint density at radius 3 is 2.70 bits per heavy atom. The lowest BCUT2D eigenvalue weighted by Gasteiger charge is -2.12. The van der Waals surface area contributed by atoms with E-state index in [-0.39, 0.29) is 5.56 Å². The SMILES string of the molecule is CCCc1cc(=O)[nH]c(Nc2c(C)cc(C)cc2Cl)n1. The molecule has 0 saturated carbocycles. The molecule has 2 aromatic rings. The van der Waals surface area contributed by atoms with Gasteiger partial charge in [-0.3, -0.25) is 9.78 Å². The molecule has 0 amide bonds. The largest absolute Gasteiger partial charge is 0.324 e. The Labute approximate surface area is 123 Å². The summed E-state index contributed by atoms with van der Waals surface area (Å²) in [5.74, 6) is 0.426. The van der Waals surface area contributed by atoms with Crippen LogP contribution in [0.15, 0.2) is 23.0 Å². The van der Waals surface area contributed by atoms with E-state index >= 15 is 0 Å². The Morgan fingerprint density at radius 1 is 1.30 bits per heavy atom. The van der Waals surface area contributed by atoms with E-state index in [0.717, 1.165) is 35.3 Å². The maximum absolute atomic E-state index is 11.6. The molecule has 5 heteroatoms. The monoisotopic (exact) mass is 291 g/mol. The van der Waals surface area contributed by atoms with Crippen LogP contribution in [0.25, 0.3) is 0 Å². The van der Waals surface area contributed by atoms with Crippen LogP contribution in [-0.2, 0) is 6.42 Å². The van der Waals surface area contributed by atoms with Gasteiger partial charge in [0.2, 0.25) is 5.95 Å². The minimum Gasteiger partial charge on any atom is -0.324 e. The molecule has 4 nitrogen and oxygen atoms in total. The molecule has 2 rings (SSSR count). The van der Waals surface area contributed by atoms with Gasteiger partial charge < -0.3 is 5.32 Å². The van der Waals surface area contributed by atoms with E-state index in [4.69, 9.17) is 11.6 Å². The quantitative estimate of drug-likeness (QED) is 0.902. The number of anilines is 2. The number of aromatic amines is 1. The van der Waals surface area contributed by atoms with E-state index < -0.39 is 0 Å². The van der Waals surface area contributed by atoms with Crippen molar-refractivity contribution >= 4 is 23.2 Å². The summed E-state index contributed by atoms with van der Waals surface area (Å²) in [6, 6.07) is 5.44. The second-order valence-corrected chi connectivity index (χ2v) is 5.31. The van der Waals surface area contributed by atoms with Gasteiger partial charge in [-0.05, 0) is 37.5 Å². The zero-order valence-electron chi connectivity index (χ0n) is 11.9. The van der Waals surface area contributed by atoms with Crippen LogP contribution in [0.3, 0.4) is 0 Å². The van der Waals surface area contributed by atoms with Gasteiger partial charge in [-0.25, -0.2) is 4.98 Å². The molecule has 0 spiro atoms. The molecule has 0 aliphatic carbocycles. The molecular weight excluding hydrogens is 274 g/mol. The molecule has 0 saturated heterocycles. The standard InChI is InChI=1S/C15H18ClN3O/c1-4-5-11-8-13(20)18-15(17-11)19-14-10(3)6-9(2)7-12(14)16/h6-8H,4-5H2,1-3H3,(H2,17,18,19,20). The van der Waals surface area contributed by atoms with Crippen molar-refractivity contribution in [3.8, 4) is 0 Å². The van der Waals surface area contributed by atoms with E-state index in [2.05, 4.69) is 22.2 Å². The molecule has 20 heavy (non-hydrogen) atoms. The van der Waals surface area contributed by atoms with Gasteiger partial charge in [0.25, 0.3) is 5.56 Å². The number of rotatable bonds is 4. The van der Waals surface area contributed by atoms with E-state index in [1.165, 1.54) is 6.07 Å². The highest BCUT2D eigenvalue weighted by Gasteiger charge is 2.08. The van der Waals surface area contributed by atoms with E-state index in [0.29, 0.717) is 11.0 Å². The molecule has 1 aromatic carbocycles. The van der Waals surface area contributed by atoms with Crippen molar-refractivity contribution in [3.05, 3.63) is 50.4 Å². The summed E-state index contributed by atoms with van der Waals surface area (Å²) in [5.41, 5.74) is 3.50. The van der Waals surface area contributed by atoms with Crippen LogP contribution in [0.1, 0.15) is 30.2 Å². The lowest BCUT2D eigenvalue weighted by atomic mass is 10.1. The molecule has 0 radical (unpaired) electrons. The van der Waals surface area contributed by atoms with Crippen LogP contribution >= 0.6 is 11.6 Å². The van der Waals surface area contributed by atoms with Gasteiger partial charge in [0, 0.05) is 11.8 Å². The lowest BCUT2D eigenvalue weighted by Crippen LogP contribution is -2.12. The molecular formula is C15H18ClN3O. The fraction of sp³-hybridized carbons (Fsp3) is 0.333. The smallest absolute Gasteiger partial charge is 0.252 e. The molecule has 1 aromatic heterocycles. The number of nitrogens with one attached hydrogen (secondary N) is 2. The Hall–Kier alpha value is -1.81. The summed E-state index contributed by atoms with van der Waals surface area (Å²) in [4.78, 5) is 18.7. The number of nitrogens with zero attached hydrogens (tertiary/aromatic N) is 1. The number of H-pyrrole nitrogens is 1. The molecule has 0 bridgehead atoms. The van der Waals surface area contributed by atoms with Crippen LogP contribution in [0.4, 0.5) is 11.6 Å². The molecule has 0 aliphatic rings. The number of halogens is 1. The number of aromatic nitrogens is 2. The average molecular weight is 292 g/mol. The molecule has 2 N–H and O–H groups in total. The zero-order chi connectivity index (χ0) is 14.7. The van der Waals surface area contributed by atoms with Crippen LogP contribution < -0.4 is 10.9 Å². The topological polar surface area (TPSA) is 57.8 Å². The van der Waals surface area contributed by atoms with Gasteiger partial charge in [0.1, 0.15) is 0 Å². The molecule has 0 unspecified atom stereocenters. The summed E-state index contributed by atoms with van der Waals surface area (Å²) in [5, 5.41) is 3.73. The first-order valence-electron chi connectivity index (χ1n) is 6.63. The van der Waals surface area contributed by atoms with E-state index in [1.54, 1.807) is 0 Å². The molecule has 0 aliphatic heterocycles. The maximum Gasteiger partial charge on any atom is 0.252 e. The highest BCUT2D eigenvalue weighted by molar-refractivity contribution is 6.33. The van der Waals surface area contributed by atoms with Gasteiger partial charge in [0.15, 0.2) is 0 Å². The first-order valence-corrected chi connectivity index (χ1v) is 7.01. The van der Waals surface area contributed by atoms with Crippen molar-refractivity contribution in [2.45, 2.75) is 33.6 Å². The highest BCUT2D eigenvalue weighted by atomic mass is 35.5. The number of hydrogen-bond acceptors (Lipinski definition) is 3. The van der Waals surface area contributed by atoms with Gasteiger partial charge in [0.05, 0.1) is 10.7 Å². The molecule has 0 fully saturated rings. The van der Waals surface area contributed by atoms with Crippen molar-refractivity contribution in [3.63, 3.8) is 0 Å². The van der Waals surface area contributed by atoms with Crippen molar-refractivity contribution in [1.82, 2.24) is 9.97 Å². The van der Waals surface area contributed by atoms with Gasteiger partial charge in [-0.1, -0.05) is 31.0 Å². The van der Waals surface area contributed by atoms with Crippen LogP contribution in [0.2, 0.25) is 5.02 Å². The Bertz CT molecular complexity index is 656. The molecule has 0 atom stereocenters. The maximum atomic E-state index is 11.6. The van der Waals surface area contributed by atoms with Crippen LogP contribution in [0.5, 0.6) is 0 Å².